The van der Waals surface area contributed by atoms with Gasteiger partial charge in [0.2, 0.25) is 0 Å². The van der Waals surface area contributed by atoms with E-state index in [2.05, 4.69) is 17.6 Å². The maximum atomic E-state index is 12.0. The Morgan fingerprint density at radius 2 is 2.14 bits per heavy atom. The van der Waals surface area contributed by atoms with Crippen LogP contribution in [-0.2, 0) is 9.53 Å². The van der Waals surface area contributed by atoms with Gasteiger partial charge >= 0.3 is 0 Å². The van der Waals surface area contributed by atoms with E-state index in [9.17, 15) is 4.79 Å². The second-order valence-electron chi connectivity index (χ2n) is 6.05. The van der Waals surface area contributed by atoms with Crippen molar-refractivity contribution in [2.24, 2.45) is 5.92 Å². The first-order valence-electron chi connectivity index (χ1n) is 7.97. The van der Waals surface area contributed by atoms with Crippen LogP contribution in [-0.4, -0.2) is 31.2 Å². The van der Waals surface area contributed by atoms with Crippen LogP contribution in [0.15, 0.2) is 11.8 Å². The van der Waals surface area contributed by atoms with Gasteiger partial charge in [-0.1, -0.05) is 19.8 Å². The van der Waals surface area contributed by atoms with Crippen molar-refractivity contribution in [3.8, 4) is 6.07 Å². The molecule has 0 bridgehead atoms. The summed E-state index contributed by atoms with van der Waals surface area (Å²) < 4.78 is 5.45. The molecule has 5 nitrogen and oxygen atoms in total. The number of amides is 1. The van der Waals surface area contributed by atoms with Gasteiger partial charge in [0.15, 0.2) is 0 Å². The molecule has 3 unspecified atom stereocenters. The second kappa shape index (κ2) is 8.04. The number of nitrogens with one attached hydrogen (secondary N) is 2. The SMILES string of the molecule is CC1CCCCC1N/C=C(/C#N)C(=O)NCC1CCCO1. The molecule has 1 saturated heterocycles. The van der Waals surface area contributed by atoms with Gasteiger partial charge in [-0.3, -0.25) is 4.79 Å². The minimum absolute atomic E-state index is 0.0974. The van der Waals surface area contributed by atoms with Crippen LogP contribution in [0, 0.1) is 17.2 Å². The average Bonchev–Trinajstić information content (AvgIpc) is 3.01. The van der Waals surface area contributed by atoms with Gasteiger partial charge in [-0.25, -0.2) is 0 Å². The first kappa shape index (κ1) is 15.8. The van der Waals surface area contributed by atoms with Crippen molar-refractivity contribution >= 4 is 5.91 Å². The topological polar surface area (TPSA) is 74.2 Å². The van der Waals surface area contributed by atoms with Crippen LogP contribution in [0.2, 0.25) is 0 Å². The van der Waals surface area contributed by atoms with E-state index in [1.54, 1.807) is 6.20 Å². The summed E-state index contributed by atoms with van der Waals surface area (Å²) >= 11 is 0. The minimum atomic E-state index is -0.316. The molecule has 0 aromatic rings. The third kappa shape index (κ3) is 4.75. The van der Waals surface area contributed by atoms with E-state index >= 15 is 0 Å². The van der Waals surface area contributed by atoms with Gasteiger partial charge in [-0.2, -0.15) is 5.26 Å². The molecule has 1 aliphatic heterocycles. The van der Waals surface area contributed by atoms with Crippen molar-refractivity contribution < 1.29 is 9.53 Å². The lowest BCUT2D eigenvalue weighted by atomic mass is 9.86. The number of nitriles is 1. The van der Waals surface area contributed by atoms with Gasteiger partial charge in [0.1, 0.15) is 11.6 Å². The molecule has 0 aromatic carbocycles. The Hall–Kier alpha value is -1.54. The number of hydrogen-bond acceptors (Lipinski definition) is 4. The normalized spacial score (nSPS) is 29.7. The zero-order chi connectivity index (χ0) is 15.1. The third-order valence-corrected chi connectivity index (χ3v) is 4.43. The summed E-state index contributed by atoms with van der Waals surface area (Å²) in [5, 5.41) is 15.2. The van der Waals surface area contributed by atoms with E-state index in [1.165, 1.54) is 19.3 Å². The fourth-order valence-electron chi connectivity index (χ4n) is 3.01. The summed E-state index contributed by atoms with van der Waals surface area (Å²) in [5.41, 5.74) is 0.144. The van der Waals surface area contributed by atoms with E-state index in [4.69, 9.17) is 10.00 Å². The highest BCUT2D eigenvalue weighted by atomic mass is 16.5. The second-order valence-corrected chi connectivity index (χ2v) is 6.05. The van der Waals surface area contributed by atoms with Gasteiger partial charge in [0, 0.05) is 25.4 Å². The lowest BCUT2D eigenvalue weighted by Gasteiger charge is -2.29. The Labute approximate surface area is 126 Å². The highest BCUT2D eigenvalue weighted by molar-refractivity contribution is 5.97. The number of rotatable bonds is 5. The molecule has 2 fully saturated rings. The van der Waals surface area contributed by atoms with Crippen molar-refractivity contribution in [3.63, 3.8) is 0 Å². The van der Waals surface area contributed by atoms with Crippen LogP contribution in [0.3, 0.4) is 0 Å². The van der Waals surface area contributed by atoms with E-state index in [1.807, 2.05) is 6.07 Å². The predicted octanol–water partition coefficient (Wildman–Crippen LogP) is 1.86. The first-order valence-corrected chi connectivity index (χ1v) is 7.97. The first-order chi connectivity index (χ1) is 10.2. The fourth-order valence-corrected chi connectivity index (χ4v) is 3.01. The molecular formula is C16H25N3O2. The molecule has 0 spiro atoms. The van der Waals surface area contributed by atoms with Crippen LogP contribution in [0.4, 0.5) is 0 Å². The molecule has 1 heterocycles. The molecule has 2 N–H and O–H groups in total. The summed E-state index contributed by atoms with van der Waals surface area (Å²) in [4.78, 5) is 12.0. The summed E-state index contributed by atoms with van der Waals surface area (Å²) in [6.45, 7) is 3.47. The predicted molar refractivity (Wildman–Crippen MR) is 80.2 cm³/mol. The smallest absolute Gasteiger partial charge is 0.263 e. The summed E-state index contributed by atoms with van der Waals surface area (Å²) in [7, 11) is 0. The Bertz CT molecular complexity index is 422. The van der Waals surface area contributed by atoms with Crippen molar-refractivity contribution in [3.05, 3.63) is 11.8 Å². The Morgan fingerprint density at radius 1 is 1.33 bits per heavy atom. The van der Waals surface area contributed by atoms with Gasteiger partial charge in [0.25, 0.3) is 5.91 Å². The lowest BCUT2D eigenvalue weighted by Crippen LogP contribution is -2.36. The molecule has 116 valence electrons. The van der Waals surface area contributed by atoms with Crippen LogP contribution in [0.1, 0.15) is 45.4 Å². The van der Waals surface area contributed by atoms with Crippen LogP contribution in [0.25, 0.3) is 0 Å². The van der Waals surface area contributed by atoms with E-state index in [-0.39, 0.29) is 17.6 Å². The zero-order valence-corrected chi connectivity index (χ0v) is 12.7. The maximum absolute atomic E-state index is 12.0. The number of ether oxygens (including phenoxy) is 1. The molecule has 2 aliphatic rings. The zero-order valence-electron chi connectivity index (χ0n) is 12.7. The van der Waals surface area contributed by atoms with Crippen LogP contribution in [0.5, 0.6) is 0 Å². The van der Waals surface area contributed by atoms with Gasteiger partial charge < -0.3 is 15.4 Å². The van der Waals surface area contributed by atoms with Crippen molar-refractivity contribution in [1.29, 1.82) is 5.26 Å². The standard InChI is InChI=1S/C16H25N3O2/c1-12-5-2-3-7-15(12)18-10-13(9-17)16(20)19-11-14-6-4-8-21-14/h10,12,14-15,18H,2-8,11H2,1H3,(H,19,20)/b13-10-. The van der Waals surface area contributed by atoms with E-state index in [0.29, 0.717) is 18.5 Å². The molecule has 3 atom stereocenters. The molecule has 0 aromatic heterocycles. The van der Waals surface area contributed by atoms with Crippen LogP contribution < -0.4 is 10.6 Å². The number of carbonyl (C=O) groups excluding carboxylic acids is 1. The average molecular weight is 291 g/mol. The summed E-state index contributed by atoms with van der Waals surface area (Å²) in [6, 6.07) is 2.35. The van der Waals surface area contributed by atoms with Crippen molar-refractivity contribution in [2.75, 3.05) is 13.2 Å². The monoisotopic (exact) mass is 291 g/mol. The molecule has 1 saturated carbocycles. The minimum Gasteiger partial charge on any atom is -0.387 e. The largest absolute Gasteiger partial charge is 0.387 e. The molecule has 0 radical (unpaired) electrons. The summed E-state index contributed by atoms with van der Waals surface area (Å²) in [5.74, 6) is 0.272. The lowest BCUT2D eigenvalue weighted by molar-refractivity contribution is -0.117. The Morgan fingerprint density at radius 3 is 2.81 bits per heavy atom. The van der Waals surface area contributed by atoms with Crippen LogP contribution >= 0.6 is 0 Å². The fraction of sp³-hybridized carbons (Fsp3) is 0.750. The molecule has 1 aliphatic carbocycles. The van der Waals surface area contributed by atoms with Crippen molar-refractivity contribution in [1.82, 2.24) is 10.6 Å². The van der Waals surface area contributed by atoms with Crippen molar-refractivity contribution in [2.45, 2.75) is 57.6 Å². The third-order valence-electron chi connectivity index (χ3n) is 4.43. The van der Waals surface area contributed by atoms with Gasteiger partial charge in [-0.15, -0.1) is 0 Å². The molecule has 21 heavy (non-hydrogen) atoms. The highest BCUT2D eigenvalue weighted by Gasteiger charge is 2.21. The van der Waals surface area contributed by atoms with E-state index in [0.717, 1.165) is 25.9 Å². The quantitative estimate of drug-likeness (QED) is 0.599. The number of hydrogen-bond donors (Lipinski definition) is 2. The number of nitrogens with zero attached hydrogens (tertiary/aromatic N) is 1. The highest BCUT2D eigenvalue weighted by Crippen LogP contribution is 2.23. The van der Waals surface area contributed by atoms with E-state index < -0.39 is 0 Å². The molecule has 1 amide bonds. The molecule has 5 heteroatoms. The van der Waals surface area contributed by atoms with Gasteiger partial charge in [-0.05, 0) is 31.6 Å². The maximum Gasteiger partial charge on any atom is 0.263 e. The Kier molecular flexibility index (Phi) is 6.06. The molecular weight excluding hydrogens is 266 g/mol. The Balaban J connectivity index is 1.81. The number of carbonyl (C=O) groups is 1. The van der Waals surface area contributed by atoms with Gasteiger partial charge in [0.05, 0.1) is 6.10 Å². The molecule has 2 rings (SSSR count). The summed E-state index contributed by atoms with van der Waals surface area (Å²) in [6.07, 6.45) is 8.50.